The van der Waals surface area contributed by atoms with E-state index in [0.717, 1.165) is 11.1 Å². The predicted octanol–water partition coefficient (Wildman–Crippen LogP) is 3.36. The van der Waals surface area contributed by atoms with E-state index >= 15 is 0 Å². The molecular formula is C33H41NO7. The molecule has 5 rings (SSSR count). The number of carbonyl (C=O) groups excluding carboxylic acids is 3. The van der Waals surface area contributed by atoms with Crippen LogP contribution in [0.1, 0.15) is 75.4 Å². The largest absolute Gasteiger partial charge is 0.507 e. The molecule has 2 saturated carbocycles. The monoisotopic (exact) mass is 563 g/mol. The summed E-state index contributed by atoms with van der Waals surface area (Å²) in [5, 5.41) is 46.3. The van der Waals surface area contributed by atoms with E-state index in [1.54, 1.807) is 13.0 Å². The summed E-state index contributed by atoms with van der Waals surface area (Å²) in [4.78, 5) is 40.4. The molecule has 0 heterocycles. The van der Waals surface area contributed by atoms with E-state index in [1.807, 2.05) is 45.0 Å². The molecule has 6 N–H and O–H groups in total. The molecule has 2 fully saturated rings. The predicted molar refractivity (Wildman–Crippen MR) is 153 cm³/mol. The molecule has 3 aliphatic rings. The number of ketones is 2. The number of aliphatic hydroxyl groups is 3. The van der Waals surface area contributed by atoms with Crippen LogP contribution in [0.3, 0.4) is 0 Å². The molecule has 2 unspecified atom stereocenters. The Morgan fingerprint density at radius 2 is 1.61 bits per heavy atom. The number of amides is 1. The number of aromatic hydroxyl groups is 1. The third kappa shape index (κ3) is 3.87. The van der Waals surface area contributed by atoms with Gasteiger partial charge in [0.05, 0.1) is 17.6 Å². The van der Waals surface area contributed by atoms with Gasteiger partial charge in [0.1, 0.15) is 17.8 Å². The summed E-state index contributed by atoms with van der Waals surface area (Å²) in [7, 11) is 0. The summed E-state index contributed by atoms with van der Waals surface area (Å²) in [5.74, 6) is -6.64. The summed E-state index contributed by atoms with van der Waals surface area (Å²) in [6, 6.07) is 11.3. The number of phenolic OH excluding ortho intramolecular Hbond substituents is 1. The Morgan fingerprint density at radius 3 is 2.15 bits per heavy atom. The normalized spacial score (nSPS) is 36.6. The lowest BCUT2D eigenvalue weighted by atomic mass is 9.39. The maximum Gasteiger partial charge on any atom is 0.230 e. The highest BCUT2D eigenvalue weighted by atomic mass is 16.4. The highest BCUT2D eigenvalue weighted by Gasteiger charge is 2.75. The van der Waals surface area contributed by atoms with Crippen molar-refractivity contribution in [2.75, 3.05) is 0 Å². The number of hydrogen-bond donors (Lipinski definition) is 5. The first-order chi connectivity index (χ1) is 19.0. The van der Waals surface area contributed by atoms with E-state index in [0.29, 0.717) is 11.5 Å². The fourth-order valence-corrected chi connectivity index (χ4v) is 8.85. The Morgan fingerprint density at radius 1 is 1.00 bits per heavy atom. The minimum absolute atomic E-state index is 0.0688. The molecule has 41 heavy (non-hydrogen) atoms. The highest BCUT2D eigenvalue weighted by Crippen LogP contribution is 2.66. The quantitative estimate of drug-likeness (QED) is 0.357. The number of aliphatic hydroxyl groups excluding tert-OH is 2. The van der Waals surface area contributed by atoms with Crippen LogP contribution in [0.25, 0.3) is 11.1 Å². The standard InChI is InChI=1S/C33H41NO7/c1-15(2)17-7-9-18(10-8-17)19-11-12-21(35)22-20(19)13-31(5)14-32(6)24(16(3)4)27(37)23(30(34)40)28(38)33(32,41)29(39)25(31)26(22)36/h7-12,15-16,23-25,27,29,35,37,39,41H,13-14H2,1-6H3,(H2,34,40)/t23-,24+,25-,27?,29?,31-,32-,33+/m1/s1. The first-order valence-electron chi connectivity index (χ1n) is 14.4. The maximum absolute atomic E-state index is 14.3. The second-order valence-corrected chi connectivity index (χ2v) is 13.7. The van der Waals surface area contributed by atoms with E-state index in [2.05, 4.69) is 13.8 Å². The fraction of sp³-hybridized carbons (Fsp3) is 0.545. The summed E-state index contributed by atoms with van der Waals surface area (Å²) in [6.45, 7) is 11.4. The summed E-state index contributed by atoms with van der Waals surface area (Å²) in [5.41, 5.74) is 4.23. The number of nitrogens with two attached hydrogens (primary N) is 1. The number of hydrogen-bond acceptors (Lipinski definition) is 7. The smallest absolute Gasteiger partial charge is 0.230 e. The molecule has 0 aliphatic heterocycles. The second-order valence-electron chi connectivity index (χ2n) is 13.7. The van der Waals surface area contributed by atoms with Crippen molar-refractivity contribution in [2.45, 2.75) is 78.1 Å². The number of fused-ring (bicyclic) bond motifs is 3. The lowest BCUT2D eigenvalue weighted by Gasteiger charge is -2.66. The van der Waals surface area contributed by atoms with Crippen molar-refractivity contribution >= 4 is 17.5 Å². The lowest BCUT2D eigenvalue weighted by Crippen LogP contribution is -2.79. The molecule has 3 aliphatic carbocycles. The van der Waals surface area contributed by atoms with Gasteiger partial charge in [0, 0.05) is 5.41 Å². The van der Waals surface area contributed by atoms with Gasteiger partial charge in [0.15, 0.2) is 17.2 Å². The van der Waals surface area contributed by atoms with Crippen LogP contribution in [0, 0.1) is 34.5 Å². The van der Waals surface area contributed by atoms with Gasteiger partial charge in [-0.1, -0.05) is 71.9 Å². The van der Waals surface area contributed by atoms with Gasteiger partial charge in [-0.15, -0.1) is 0 Å². The number of rotatable bonds is 4. The number of carbonyl (C=O) groups is 3. The molecule has 2 aromatic carbocycles. The van der Waals surface area contributed by atoms with Crippen molar-refractivity contribution in [1.82, 2.24) is 0 Å². The van der Waals surface area contributed by atoms with Gasteiger partial charge >= 0.3 is 0 Å². The average molecular weight is 564 g/mol. The van der Waals surface area contributed by atoms with E-state index in [-0.39, 0.29) is 30.1 Å². The van der Waals surface area contributed by atoms with Crippen molar-refractivity contribution in [3.05, 3.63) is 53.1 Å². The third-order valence-electron chi connectivity index (χ3n) is 10.6. The summed E-state index contributed by atoms with van der Waals surface area (Å²) in [6.07, 6.45) is -2.94. The van der Waals surface area contributed by atoms with Crippen molar-refractivity contribution < 1.29 is 34.8 Å². The van der Waals surface area contributed by atoms with Crippen LogP contribution in [0.2, 0.25) is 0 Å². The van der Waals surface area contributed by atoms with Gasteiger partial charge in [0.25, 0.3) is 0 Å². The van der Waals surface area contributed by atoms with Gasteiger partial charge in [-0.25, -0.2) is 0 Å². The van der Waals surface area contributed by atoms with E-state index in [1.165, 1.54) is 11.6 Å². The van der Waals surface area contributed by atoms with Crippen LogP contribution >= 0.6 is 0 Å². The van der Waals surface area contributed by atoms with Crippen LogP contribution in [-0.4, -0.2) is 55.7 Å². The zero-order valence-corrected chi connectivity index (χ0v) is 24.5. The molecule has 8 nitrogen and oxygen atoms in total. The third-order valence-corrected chi connectivity index (χ3v) is 10.6. The maximum atomic E-state index is 14.3. The number of primary amides is 1. The Bertz CT molecular complexity index is 1430. The molecule has 8 heteroatoms. The topological polar surface area (TPSA) is 158 Å². The van der Waals surface area contributed by atoms with E-state index < -0.39 is 63.9 Å². The summed E-state index contributed by atoms with van der Waals surface area (Å²) < 4.78 is 0. The molecule has 0 saturated heterocycles. The van der Waals surface area contributed by atoms with Gasteiger partial charge < -0.3 is 26.2 Å². The van der Waals surface area contributed by atoms with Crippen LogP contribution < -0.4 is 5.73 Å². The second kappa shape index (κ2) is 9.48. The van der Waals surface area contributed by atoms with Crippen molar-refractivity contribution in [3.8, 4) is 16.9 Å². The average Bonchev–Trinajstić information content (AvgIpc) is 2.86. The molecule has 2 aromatic rings. The van der Waals surface area contributed by atoms with Crippen molar-refractivity contribution in [2.24, 2.45) is 40.2 Å². The Balaban J connectivity index is 1.70. The van der Waals surface area contributed by atoms with Crippen LogP contribution in [0.15, 0.2) is 36.4 Å². The molecule has 0 bridgehead atoms. The van der Waals surface area contributed by atoms with Crippen molar-refractivity contribution in [1.29, 1.82) is 0 Å². The van der Waals surface area contributed by atoms with E-state index in [4.69, 9.17) is 5.73 Å². The number of benzene rings is 2. The van der Waals surface area contributed by atoms with Crippen molar-refractivity contribution in [3.63, 3.8) is 0 Å². The Hall–Kier alpha value is -3.07. The molecule has 1 amide bonds. The molecule has 0 aromatic heterocycles. The van der Waals surface area contributed by atoms with E-state index in [9.17, 15) is 34.8 Å². The number of Topliss-reactive ketones (excluding diaryl/α,β-unsaturated/α-hetero) is 2. The molecular weight excluding hydrogens is 522 g/mol. The minimum atomic E-state index is -2.52. The van der Waals surface area contributed by atoms with Gasteiger partial charge in [-0.3, -0.25) is 14.4 Å². The fourth-order valence-electron chi connectivity index (χ4n) is 8.85. The molecule has 0 radical (unpaired) electrons. The molecule has 0 spiro atoms. The van der Waals surface area contributed by atoms with Crippen LogP contribution in [0.4, 0.5) is 0 Å². The summed E-state index contributed by atoms with van der Waals surface area (Å²) >= 11 is 0. The Kier molecular flexibility index (Phi) is 6.80. The zero-order chi connectivity index (χ0) is 30.4. The molecule has 8 atom stereocenters. The minimum Gasteiger partial charge on any atom is -0.507 e. The SMILES string of the molecule is CC(C)c1ccc(-c2ccc(O)c3c2C[C@]2(C)C[C@]4(C)[C@@H](C(C)C)C(O)[C@@H](C(N)=O)C(=O)[C@]4(O)C(O)[C@H]2C3=O)cc1. The van der Waals surface area contributed by atoms with Gasteiger partial charge in [-0.2, -0.15) is 0 Å². The zero-order valence-electron chi connectivity index (χ0n) is 24.5. The Labute approximate surface area is 240 Å². The first-order valence-corrected chi connectivity index (χ1v) is 14.4. The van der Waals surface area contributed by atoms with Crippen LogP contribution in [-0.2, 0) is 16.0 Å². The number of phenols is 1. The first kappa shape index (κ1) is 29.4. The lowest BCUT2D eigenvalue weighted by molar-refractivity contribution is -0.265. The van der Waals surface area contributed by atoms with Gasteiger partial charge in [0.2, 0.25) is 5.91 Å². The van der Waals surface area contributed by atoms with Crippen LogP contribution in [0.5, 0.6) is 5.75 Å². The highest BCUT2D eigenvalue weighted by molar-refractivity contribution is 6.09. The van der Waals surface area contributed by atoms with Gasteiger partial charge in [-0.05, 0) is 64.3 Å². The molecule has 220 valence electrons.